The van der Waals surface area contributed by atoms with Crippen molar-refractivity contribution in [3.63, 3.8) is 0 Å². The number of nitrogens with zero attached hydrogens (tertiary/aromatic N) is 1. The molecule has 3 nitrogen and oxygen atoms in total. The summed E-state index contributed by atoms with van der Waals surface area (Å²) in [6, 6.07) is 0.238. The fourth-order valence-electron chi connectivity index (χ4n) is 1.45. The molecule has 0 aliphatic heterocycles. The van der Waals surface area contributed by atoms with Crippen LogP contribution in [-0.2, 0) is 4.74 Å². The van der Waals surface area contributed by atoms with Gasteiger partial charge in [0.1, 0.15) is 0 Å². The lowest BCUT2D eigenvalue weighted by Crippen LogP contribution is -2.39. The summed E-state index contributed by atoms with van der Waals surface area (Å²) >= 11 is 0. The Kier molecular flexibility index (Phi) is 7.64. The van der Waals surface area contributed by atoms with Crippen LogP contribution >= 0.6 is 0 Å². The number of rotatable bonds is 8. The molecular formula is C13H28N2O. The molecule has 0 saturated carbocycles. The Labute approximate surface area is 101 Å². The van der Waals surface area contributed by atoms with Gasteiger partial charge in [-0.25, -0.2) is 0 Å². The maximum absolute atomic E-state index is 6.14. The second kappa shape index (κ2) is 7.82. The van der Waals surface area contributed by atoms with E-state index in [1.807, 2.05) is 6.08 Å². The van der Waals surface area contributed by atoms with Crippen LogP contribution in [0.15, 0.2) is 12.7 Å². The minimum Gasteiger partial charge on any atom is -0.383 e. The second-order valence-corrected chi connectivity index (χ2v) is 5.34. The van der Waals surface area contributed by atoms with Crippen LogP contribution in [0.5, 0.6) is 0 Å². The maximum atomic E-state index is 6.14. The predicted octanol–water partition coefficient (Wildman–Crippen LogP) is 1.88. The van der Waals surface area contributed by atoms with E-state index >= 15 is 0 Å². The monoisotopic (exact) mass is 228 g/mol. The molecule has 96 valence electrons. The van der Waals surface area contributed by atoms with Crippen LogP contribution in [0.3, 0.4) is 0 Å². The van der Waals surface area contributed by atoms with Crippen molar-refractivity contribution in [1.29, 1.82) is 0 Å². The van der Waals surface area contributed by atoms with Crippen LogP contribution in [-0.4, -0.2) is 44.3 Å². The van der Waals surface area contributed by atoms with Crippen molar-refractivity contribution in [2.24, 2.45) is 11.1 Å². The van der Waals surface area contributed by atoms with Gasteiger partial charge in [0, 0.05) is 32.8 Å². The van der Waals surface area contributed by atoms with Gasteiger partial charge in [-0.1, -0.05) is 26.8 Å². The number of hydrogen-bond donors (Lipinski definition) is 1. The molecule has 0 aromatic heterocycles. The largest absolute Gasteiger partial charge is 0.383 e. The first-order valence-electron chi connectivity index (χ1n) is 5.99. The van der Waals surface area contributed by atoms with E-state index in [4.69, 9.17) is 10.5 Å². The Morgan fingerprint density at radius 1 is 1.38 bits per heavy atom. The molecule has 0 fully saturated rings. The van der Waals surface area contributed by atoms with E-state index < -0.39 is 0 Å². The third-order valence-electron chi connectivity index (χ3n) is 2.87. The van der Waals surface area contributed by atoms with Gasteiger partial charge in [0.2, 0.25) is 0 Å². The quantitative estimate of drug-likeness (QED) is 0.645. The molecule has 0 radical (unpaired) electrons. The highest BCUT2D eigenvalue weighted by Crippen LogP contribution is 2.19. The fraction of sp³-hybridized carbons (Fsp3) is 0.846. The maximum Gasteiger partial charge on any atom is 0.0589 e. The van der Waals surface area contributed by atoms with Crippen molar-refractivity contribution in [3.8, 4) is 0 Å². The van der Waals surface area contributed by atoms with Crippen molar-refractivity contribution < 1.29 is 4.74 Å². The SMILES string of the molecule is C=CCN(CCOC)CCC(N)C(C)(C)C. The van der Waals surface area contributed by atoms with Crippen LogP contribution in [0.4, 0.5) is 0 Å². The summed E-state index contributed by atoms with van der Waals surface area (Å²) in [6.45, 7) is 13.9. The van der Waals surface area contributed by atoms with Crippen LogP contribution in [0.2, 0.25) is 0 Å². The summed E-state index contributed by atoms with van der Waals surface area (Å²) in [4.78, 5) is 2.32. The minimum atomic E-state index is 0.182. The number of ether oxygens (including phenoxy) is 1. The van der Waals surface area contributed by atoms with E-state index in [2.05, 4.69) is 32.3 Å². The highest BCUT2D eigenvalue weighted by atomic mass is 16.5. The molecule has 0 aromatic rings. The van der Waals surface area contributed by atoms with Gasteiger partial charge in [-0.2, -0.15) is 0 Å². The van der Waals surface area contributed by atoms with Gasteiger partial charge >= 0.3 is 0 Å². The third-order valence-corrected chi connectivity index (χ3v) is 2.87. The number of nitrogens with two attached hydrogens (primary N) is 1. The zero-order valence-electron chi connectivity index (χ0n) is 11.3. The number of methoxy groups -OCH3 is 1. The zero-order chi connectivity index (χ0) is 12.6. The van der Waals surface area contributed by atoms with E-state index in [-0.39, 0.29) is 11.5 Å². The Hall–Kier alpha value is -0.380. The fourth-order valence-corrected chi connectivity index (χ4v) is 1.45. The standard InChI is InChI=1S/C13H28N2O/c1-6-8-15(10-11-16-5)9-7-12(14)13(2,3)4/h6,12H,1,7-11,14H2,2-5H3. The van der Waals surface area contributed by atoms with E-state index in [0.29, 0.717) is 0 Å². The molecule has 0 aromatic carbocycles. The highest BCUT2D eigenvalue weighted by molar-refractivity contribution is 4.80. The predicted molar refractivity (Wildman–Crippen MR) is 70.6 cm³/mol. The molecular weight excluding hydrogens is 200 g/mol. The topological polar surface area (TPSA) is 38.5 Å². The summed E-state index contributed by atoms with van der Waals surface area (Å²) in [5.74, 6) is 0. The lowest BCUT2D eigenvalue weighted by atomic mass is 9.85. The van der Waals surface area contributed by atoms with Crippen LogP contribution in [0.1, 0.15) is 27.2 Å². The highest BCUT2D eigenvalue weighted by Gasteiger charge is 2.20. The van der Waals surface area contributed by atoms with Gasteiger partial charge in [0.05, 0.1) is 6.61 Å². The van der Waals surface area contributed by atoms with Crippen LogP contribution in [0, 0.1) is 5.41 Å². The van der Waals surface area contributed by atoms with Crippen LogP contribution in [0.25, 0.3) is 0 Å². The van der Waals surface area contributed by atoms with Crippen LogP contribution < -0.4 is 5.73 Å². The molecule has 0 spiro atoms. The summed E-state index contributed by atoms with van der Waals surface area (Å²) < 4.78 is 5.09. The van der Waals surface area contributed by atoms with Gasteiger partial charge in [-0.3, -0.25) is 4.90 Å². The molecule has 16 heavy (non-hydrogen) atoms. The van der Waals surface area contributed by atoms with Crippen molar-refractivity contribution in [2.75, 3.05) is 33.4 Å². The van der Waals surface area contributed by atoms with E-state index in [1.54, 1.807) is 7.11 Å². The first kappa shape index (κ1) is 15.6. The van der Waals surface area contributed by atoms with Crippen molar-refractivity contribution in [3.05, 3.63) is 12.7 Å². The molecule has 1 unspecified atom stereocenters. The summed E-state index contributed by atoms with van der Waals surface area (Å²) in [6.07, 6.45) is 2.94. The second-order valence-electron chi connectivity index (χ2n) is 5.34. The molecule has 0 amide bonds. The molecule has 3 heteroatoms. The summed E-state index contributed by atoms with van der Waals surface area (Å²) in [5, 5.41) is 0. The van der Waals surface area contributed by atoms with E-state index in [9.17, 15) is 0 Å². The summed E-state index contributed by atoms with van der Waals surface area (Å²) in [5.41, 5.74) is 6.32. The van der Waals surface area contributed by atoms with Crippen molar-refractivity contribution in [2.45, 2.75) is 33.2 Å². The molecule has 0 aliphatic rings. The normalized spacial score (nSPS) is 14.1. The minimum absolute atomic E-state index is 0.182. The van der Waals surface area contributed by atoms with Gasteiger partial charge < -0.3 is 10.5 Å². The van der Waals surface area contributed by atoms with E-state index in [0.717, 1.165) is 32.7 Å². The van der Waals surface area contributed by atoms with Gasteiger partial charge in [0.15, 0.2) is 0 Å². The van der Waals surface area contributed by atoms with Gasteiger partial charge in [-0.15, -0.1) is 6.58 Å². The molecule has 0 aliphatic carbocycles. The Balaban J connectivity index is 3.95. The Bertz CT molecular complexity index is 187. The third kappa shape index (κ3) is 6.99. The average molecular weight is 228 g/mol. The van der Waals surface area contributed by atoms with Crippen molar-refractivity contribution >= 4 is 0 Å². The summed E-state index contributed by atoms with van der Waals surface area (Å²) in [7, 11) is 1.73. The molecule has 0 heterocycles. The van der Waals surface area contributed by atoms with Gasteiger partial charge in [0.25, 0.3) is 0 Å². The molecule has 2 N–H and O–H groups in total. The molecule has 0 saturated heterocycles. The molecule has 1 atom stereocenters. The Morgan fingerprint density at radius 2 is 2.00 bits per heavy atom. The molecule has 0 rings (SSSR count). The smallest absolute Gasteiger partial charge is 0.0589 e. The van der Waals surface area contributed by atoms with Crippen molar-refractivity contribution in [1.82, 2.24) is 4.90 Å². The number of hydrogen-bond acceptors (Lipinski definition) is 3. The zero-order valence-corrected chi connectivity index (χ0v) is 11.3. The molecule has 0 bridgehead atoms. The Morgan fingerprint density at radius 3 is 2.44 bits per heavy atom. The first-order chi connectivity index (χ1) is 7.41. The lowest BCUT2D eigenvalue weighted by molar-refractivity contribution is 0.148. The lowest BCUT2D eigenvalue weighted by Gasteiger charge is -2.29. The average Bonchev–Trinajstić information content (AvgIpc) is 2.20. The first-order valence-corrected chi connectivity index (χ1v) is 5.99. The van der Waals surface area contributed by atoms with Gasteiger partial charge in [-0.05, 0) is 11.8 Å². The van der Waals surface area contributed by atoms with E-state index in [1.165, 1.54) is 0 Å².